The summed E-state index contributed by atoms with van der Waals surface area (Å²) in [6, 6.07) is 15.3. The summed E-state index contributed by atoms with van der Waals surface area (Å²) in [5.41, 5.74) is 1.90. The minimum absolute atomic E-state index is 0.00228. The minimum Gasteiger partial charge on any atom is -0.455 e. The Morgan fingerprint density at radius 3 is 2.67 bits per heavy atom. The van der Waals surface area contributed by atoms with E-state index in [0.717, 1.165) is 43.0 Å². The number of aromatic nitrogens is 1. The molecular formula is C22H24N2O3. The van der Waals surface area contributed by atoms with Crippen molar-refractivity contribution in [2.45, 2.75) is 19.8 Å². The minimum atomic E-state index is -0.00228. The van der Waals surface area contributed by atoms with E-state index in [-0.39, 0.29) is 5.43 Å². The first-order valence-electron chi connectivity index (χ1n) is 9.51. The van der Waals surface area contributed by atoms with Crippen molar-refractivity contribution in [1.82, 2.24) is 4.98 Å². The van der Waals surface area contributed by atoms with Crippen molar-refractivity contribution in [1.29, 1.82) is 0 Å². The van der Waals surface area contributed by atoms with E-state index in [2.05, 4.69) is 22.9 Å². The Morgan fingerprint density at radius 1 is 1.07 bits per heavy atom. The number of para-hydroxylation sites is 2. The molecule has 1 aliphatic rings. The Hall–Kier alpha value is -2.79. The van der Waals surface area contributed by atoms with Crippen molar-refractivity contribution < 1.29 is 9.47 Å². The van der Waals surface area contributed by atoms with Crippen LogP contribution in [0.5, 0.6) is 11.5 Å². The van der Waals surface area contributed by atoms with Gasteiger partial charge in [0.05, 0.1) is 18.7 Å². The van der Waals surface area contributed by atoms with Gasteiger partial charge in [-0.25, -0.2) is 0 Å². The van der Waals surface area contributed by atoms with Gasteiger partial charge in [-0.2, -0.15) is 0 Å². The SMILES string of the molecule is CCCc1ccccc1Oc1cccc2c(=O)cc(N3CCOCC3)[nH]c12. The quantitative estimate of drug-likeness (QED) is 0.740. The van der Waals surface area contributed by atoms with E-state index in [0.29, 0.717) is 24.3 Å². The van der Waals surface area contributed by atoms with Crippen LogP contribution >= 0.6 is 0 Å². The maximum absolute atomic E-state index is 12.7. The molecule has 0 atom stereocenters. The summed E-state index contributed by atoms with van der Waals surface area (Å²) in [4.78, 5) is 18.3. The van der Waals surface area contributed by atoms with Crippen LogP contribution in [0, 0.1) is 0 Å². The van der Waals surface area contributed by atoms with Gasteiger partial charge in [-0.1, -0.05) is 37.6 Å². The van der Waals surface area contributed by atoms with E-state index in [9.17, 15) is 4.79 Å². The third-order valence-corrected chi connectivity index (χ3v) is 4.88. The predicted molar refractivity (Wildman–Crippen MR) is 108 cm³/mol. The first-order chi connectivity index (χ1) is 13.3. The van der Waals surface area contributed by atoms with Crippen molar-refractivity contribution in [3.8, 4) is 11.5 Å². The Balaban J connectivity index is 1.77. The van der Waals surface area contributed by atoms with Crippen molar-refractivity contribution in [3.63, 3.8) is 0 Å². The molecule has 0 spiro atoms. The van der Waals surface area contributed by atoms with E-state index in [4.69, 9.17) is 9.47 Å². The first kappa shape index (κ1) is 17.6. The number of nitrogens with one attached hydrogen (secondary N) is 1. The zero-order chi connectivity index (χ0) is 18.6. The van der Waals surface area contributed by atoms with Gasteiger partial charge in [0.1, 0.15) is 11.6 Å². The largest absolute Gasteiger partial charge is 0.455 e. The second-order valence-electron chi connectivity index (χ2n) is 6.76. The standard InChI is InChI=1S/C22H24N2O3/c1-2-6-16-7-3-4-9-19(16)27-20-10-5-8-17-18(25)15-21(23-22(17)20)24-11-13-26-14-12-24/h3-5,7-10,15H,2,6,11-14H2,1H3,(H,23,25). The van der Waals surface area contributed by atoms with Crippen LogP contribution in [0.3, 0.4) is 0 Å². The third kappa shape index (κ3) is 3.69. The maximum atomic E-state index is 12.7. The lowest BCUT2D eigenvalue weighted by Crippen LogP contribution is -2.37. The van der Waals surface area contributed by atoms with Gasteiger partial charge in [-0.3, -0.25) is 4.79 Å². The average Bonchev–Trinajstić information content (AvgIpc) is 2.71. The van der Waals surface area contributed by atoms with E-state index in [1.807, 2.05) is 36.4 Å². The fraction of sp³-hybridized carbons (Fsp3) is 0.318. The highest BCUT2D eigenvalue weighted by Crippen LogP contribution is 2.31. The Kier molecular flexibility index (Phi) is 5.12. The second-order valence-corrected chi connectivity index (χ2v) is 6.76. The summed E-state index contributed by atoms with van der Waals surface area (Å²) in [6.45, 7) is 5.03. The summed E-state index contributed by atoms with van der Waals surface area (Å²) >= 11 is 0. The van der Waals surface area contributed by atoms with E-state index in [1.165, 1.54) is 5.56 Å². The smallest absolute Gasteiger partial charge is 0.191 e. The number of ether oxygens (including phenoxy) is 2. The molecule has 0 aliphatic carbocycles. The lowest BCUT2D eigenvalue weighted by atomic mass is 10.1. The lowest BCUT2D eigenvalue weighted by Gasteiger charge is -2.28. The number of aryl methyl sites for hydroxylation is 1. The topological polar surface area (TPSA) is 54.6 Å². The molecule has 1 aliphatic heterocycles. The van der Waals surface area contributed by atoms with Crippen LogP contribution in [0.25, 0.3) is 10.9 Å². The molecule has 3 aromatic rings. The molecule has 0 unspecified atom stereocenters. The van der Waals surface area contributed by atoms with Gasteiger partial charge >= 0.3 is 0 Å². The van der Waals surface area contributed by atoms with Crippen LogP contribution in [0.4, 0.5) is 5.82 Å². The highest BCUT2D eigenvalue weighted by Gasteiger charge is 2.15. The number of hydrogen-bond acceptors (Lipinski definition) is 4. The fourth-order valence-corrected chi connectivity index (χ4v) is 3.49. The van der Waals surface area contributed by atoms with Crippen LogP contribution < -0.4 is 15.1 Å². The molecule has 1 N–H and O–H groups in total. The van der Waals surface area contributed by atoms with E-state index in [1.54, 1.807) is 6.07 Å². The molecule has 0 saturated carbocycles. The van der Waals surface area contributed by atoms with Crippen LogP contribution in [-0.2, 0) is 11.2 Å². The van der Waals surface area contributed by atoms with Gasteiger partial charge in [0.15, 0.2) is 11.2 Å². The van der Waals surface area contributed by atoms with Gasteiger partial charge in [0.25, 0.3) is 0 Å². The molecule has 5 nitrogen and oxygen atoms in total. The van der Waals surface area contributed by atoms with Crippen molar-refractivity contribution in [3.05, 3.63) is 64.3 Å². The highest BCUT2D eigenvalue weighted by molar-refractivity contribution is 5.86. The molecule has 0 bridgehead atoms. The number of nitrogens with zero attached hydrogens (tertiary/aromatic N) is 1. The van der Waals surface area contributed by atoms with Crippen LogP contribution in [0.1, 0.15) is 18.9 Å². The molecule has 140 valence electrons. The second kappa shape index (κ2) is 7.84. The van der Waals surface area contributed by atoms with Crippen LogP contribution in [0.2, 0.25) is 0 Å². The molecule has 27 heavy (non-hydrogen) atoms. The van der Waals surface area contributed by atoms with Crippen molar-refractivity contribution >= 4 is 16.7 Å². The first-order valence-corrected chi connectivity index (χ1v) is 9.51. The molecule has 1 saturated heterocycles. The molecule has 1 aromatic heterocycles. The summed E-state index contributed by atoms with van der Waals surface area (Å²) in [5, 5.41) is 0.637. The number of H-pyrrole nitrogens is 1. The average molecular weight is 364 g/mol. The maximum Gasteiger partial charge on any atom is 0.191 e. The number of benzene rings is 2. The normalized spacial score (nSPS) is 14.5. The monoisotopic (exact) mass is 364 g/mol. The third-order valence-electron chi connectivity index (χ3n) is 4.88. The molecule has 1 fully saturated rings. The molecule has 5 heteroatoms. The summed E-state index contributed by atoms with van der Waals surface area (Å²) in [5.74, 6) is 2.32. The highest BCUT2D eigenvalue weighted by atomic mass is 16.5. The van der Waals surface area contributed by atoms with Crippen LogP contribution in [0.15, 0.2) is 53.3 Å². The molecule has 0 amide bonds. The summed E-state index contributed by atoms with van der Waals surface area (Å²) in [6.07, 6.45) is 2.00. The zero-order valence-electron chi connectivity index (χ0n) is 15.5. The molecule has 0 radical (unpaired) electrons. The number of morpholine rings is 1. The van der Waals surface area contributed by atoms with Crippen molar-refractivity contribution in [2.75, 3.05) is 31.2 Å². The molecular weight excluding hydrogens is 340 g/mol. The lowest BCUT2D eigenvalue weighted by molar-refractivity contribution is 0.122. The number of aromatic amines is 1. The molecule has 4 rings (SSSR count). The number of anilines is 1. The van der Waals surface area contributed by atoms with E-state index < -0.39 is 0 Å². The fourth-order valence-electron chi connectivity index (χ4n) is 3.49. The number of rotatable bonds is 5. The van der Waals surface area contributed by atoms with Gasteiger partial charge in [-0.15, -0.1) is 0 Å². The van der Waals surface area contributed by atoms with Gasteiger partial charge in [-0.05, 0) is 30.2 Å². The zero-order valence-corrected chi connectivity index (χ0v) is 15.5. The van der Waals surface area contributed by atoms with Gasteiger partial charge < -0.3 is 19.4 Å². The molecule has 2 aromatic carbocycles. The number of hydrogen-bond donors (Lipinski definition) is 1. The Labute approximate surface area is 158 Å². The number of pyridine rings is 1. The number of fused-ring (bicyclic) bond motifs is 1. The van der Waals surface area contributed by atoms with Gasteiger partial charge in [0, 0.05) is 24.5 Å². The van der Waals surface area contributed by atoms with E-state index >= 15 is 0 Å². The Bertz CT molecular complexity index is 990. The van der Waals surface area contributed by atoms with Crippen molar-refractivity contribution in [2.24, 2.45) is 0 Å². The van der Waals surface area contributed by atoms with Gasteiger partial charge in [0.2, 0.25) is 0 Å². The molecule has 2 heterocycles. The summed E-state index contributed by atoms with van der Waals surface area (Å²) in [7, 11) is 0. The summed E-state index contributed by atoms with van der Waals surface area (Å²) < 4.78 is 11.7. The van der Waals surface area contributed by atoms with Crippen LogP contribution in [-0.4, -0.2) is 31.3 Å². The Morgan fingerprint density at radius 2 is 1.85 bits per heavy atom. The predicted octanol–water partition coefficient (Wildman–Crippen LogP) is 4.11.